The zero-order chi connectivity index (χ0) is 12.4. The third-order valence-electron chi connectivity index (χ3n) is 2.94. The number of hydrogen-bond donors (Lipinski definition) is 3. The number of nitrogens with zero attached hydrogens (tertiary/aromatic N) is 1. The van der Waals surface area contributed by atoms with E-state index >= 15 is 0 Å². The van der Waals surface area contributed by atoms with Gasteiger partial charge in [-0.1, -0.05) is 0 Å². The minimum atomic E-state index is -0.453. The van der Waals surface area contributed by atoms with Crippen LogP contribution in [0.25, 0.3) is 0 Å². The first-order valence-corrected chi connectivity index (χ1v) is 6.28. The van der Waals surface area contributed by atoms with Crippen molar-refractivity contribution in [1.29, 1.82) is 0 Å². The molecule has 0 radical (unpaired) electrons. The summed E-state index contributed by atoms with van der Waals surface area (Å²) in [4.78, 5) is 24.7. The Hall–Kier alpha value is -1.05. The highest BCUT2D eigenvalue weighted by Gasteiger charge is 2.35. The molecule has 0 aliphatic carbocycles. The Labute approximate surface area is 101 Å². The molecule has 1 aliphatic rings. The van der Waals surface area contributed by atoms with Crippen LogP contribution < -0.4 is 11.2 Å². The van der Waals surface area contributed by atoms with Gasteiger partial charge in [-0.05, 0) is 12.3 Å². The van der Waals surface area contributed by atoms with Crippen molar-refractivity contribution in [3.63, 3.8) is 0 Å². The van der Waals surface area contributed by atoms with Crippen LogP contribution in [-0.4, -0.2) is 38.2 Å². The monoisotopic (exact) mass is 258 g/mol. The highest BCUT2D eigenvalue weighted by atomic mass is 32.2. The van der Waals surface area contributed by atoms with Gasteiger partial charge in [-0.2, -0.15) is 0 Å². The van der Waals surface area contributed by atoms with E-state index in [1.807, 2.05) is 0 Å². The summed E-state index contributed by atoms with van der Waals surface area (Å²) in [6.45, 7) is -0.0304. The maximum atomic E-state index is 11.6. The Morgan fingerprint density at radius 1 is 1.41 bits per heavy atom. The molecule has 94 valence electrons. The molecule has 1 unspecified atom stereocenters. The van der Waals surface area contributed by atoms with Gasteiger partial charge < -0.3 is 10.2 Å². The van der Waals surface area contributed by atoms with Gasteiger partial charge in [0.15, 0.2) is 0 Å². The average molecular weight is 258 g/mol. The summed E-state index contributed by atoms with van der Waals surface area (Å²) in [6, 6.07) is 1.29. The van der Waals surface area contributed by atoms with Crippen LogP contribution in [0.4, 0.5) is 0 Å². The number of rotatable bonds is 3. The number of H-pyrrole nitrogens is 1. The van der Waals surface area contributed by atoms with Gasteiger partial charge in [0.1, 0.15) is 0 Å². The highest BCUT2D eigenvalue weighted by Crippen LogP contribution is 2.43. The third-order valence-corrected chi connectivity index (χ3v) is 4.56. The molecular weight excluding hydrogens is 244 g/mol. The van der Waals surface area contributed by atoms with Crippen molar-refractivity contribution in [2.45, 2.75) is 17.0 Å². The normalized spacial score (nSPS) is 28.5. The Kier molecular flexibility index (Phi) is 3.70. The number of hydrogen-bond acceptors (Lipinski definition) is 5. The molecule has 6 nitrogen and oxygen atoms in total. The lowest BCUT2D eigenvalue weighted by Gasteiger charge is -2.12. The van der Waals surface area contributed by atoms with E-state index in [4.69, 9.17) is 5.11 Å². The van der Waals surface area contributed by atoms with E-state index in [1.54, 1.807) is 0 Å². The number of aromatic nitrogens is 2. The smallest absolute Gasteiger partial charge is 0.329 e. The van der Waals surface area contributed by atoms with Gasteiger partial charge in [0.25, 0.3) is 5.56 Å². The fourth-order valence-electron chi connectivity index (χ4n) is 2.00. The van der Waals surface area contributed by atoms with E-state index in [2.05, 4.69) is 4.98 Å². The summed E-state index contributed by atoms with van der Waals surface area (Å²) in [5.41, 5.74) is -0.878. The fraction of sp³-hybridized carbons (Fsp3) is 0.600. The molecule has 3 atom stereocenters. The predicted octanol–water partition coefficient (Wildman–Crippen LogP) is -0.859. The van der Waals surface area contributed by atoms with E-state index in [1.165, 1.54) is 28.6 Å². The number of aromatic amines is 1. The molecule has 2 heterocycles. The zero-order valence-corrected chi connectivity index (χ0v) is 9.89. The zero-order valence-electron chi connectivity index (χ0n) is 9.07. The van der Waals surface area contributed by atoms with Crippen LogP contribution in [0.15, 0.2) is 21.9 Å². The molecule has 1 aliphatic heterocycles. The summed E-state index contributed by atoms with van der Waals surface area (Å²) in [7, 11) is 0. The van der Waals surface area contributed by atoms with Crippen LogP contribution in [0.3, 0.4) is 0 Å². The molecule has 1 saturated heterocycles. The van der Waals surface area contributed by atoms with Crippen molar-refractivity contribution in [1.82, 2.24) is 9.55 Å². The summed E-state index contributed by atoms with van der Waals surface area (Å²) < 4.78 is 1.43. The summed E-state index contributed by atoms with van der Waals surface area (Å²) in [5.74, 6) is -0.0196. The standard InChI is InChI=1S/C10H14N2O4S/c13-4-6-3-9(17-7(6)5-14)12-2-1-8(15)11-10(12)16/h1-2,6-7,9,13-14H,3-5H2,(H,11,15,16)/t6?,7-,9-/m1/s1. The molecule has 0 bridgehead atoms. The summed E-state index contributed by atoms with van der Waals surface area (Å²) in [5, 5.41) is 18.1. The van der Waals surface area contributed by atoms with Gasteiger partial charge in [-0.25, -0.2) is 4.79 Å². The maximum Gasteiger partial charge on any atom is 0.329 e. The Balaban J connectivity index is 2.25. The minimum absolute atomic E-state index is 0.00711. The molecule has 1 aromatic heterocycles. The van der Waals surface area contributed by atoms with E-state index in [-0.39, 0.29) is 29.8 Å². The van der Waals surface area contributed by atoms with Crippen LogP contribution in [0.5, 0.6) is 0 Å². The second-order valence-electron chi connectivity index (χ2n) is 4.01. The first kappa shape index (κ1) is 12.4. The lowest BCUT2D eigenvalue weighted by molar-refractivity contribution is 0.188. The molecule has 1 aromatic rings. The first-order chi connectivity index (χ1) is 8.15. The van der Waals surface area contributed by atoms with Crippen molar-refractivity contribution >= 4 is 11.8 Å². The van der Waals surface area contributed by atoms with E-state index in [0.717, 1.165) is 0 Å². The summed E-state index contributed by atoms with van der Waals surface area (Å²) >= 11 is 1.45. The number of nitrogens with one attached hydrogen (secondary N) is 1. The van der Waals surface area contributed by atoms with Crippen LogP contribution in [-0.2, 0) is 0 Å². The van der Waals surface area contributed by atoms with Crippen molar-refractivity contribution in [3.8, 4) is 0 Å². The molecular formula is C10H14N2O4S. The maximum absolute atomic E-state index is 11.6. The fourth-order valence-corrected chi connectivity index (χ4v) is 3.56. The van der Waals surface area contributed by atoms with E-state index < -0.39 is 11.2 Å². The molecule has 1 fully saturated rings. The Morgan fingerprint density at radius 3 is 2.71 bits per heavy atom. The Bertz CT molecular complexity index is 486. The van der Waals surface area contributed by atoms with E-state index in [9.17, 15) is 14.7 Å². The summed E-state index contributed by atoms with van der Waals surface area (Å²) in [6.07, 6.45) is 2.06. The number of aliphatic hydroxyl groups excluding tert-OH is 2. The largest absolute Gasteiger partial charge is 0.396 e. The van der Waals surface area contributed by atoms with E-state index in [0.29, 0.717) is 6.42 Å². The van der Waals surface area contributed by atoms with Crippen molar-refractivity contribution in [2.24, 2.45) is 5.92 Å². The molecule has 2 rings (SSSR count). The molecule has 0 aromatic carbocycles. The predicted molar refractivity (Wildman–Crippen MR) is 64.0 cm³/mol. The van der Waals surface area contributed by atoms with Crippen molar-refractivity contribution in [2.75, 3.05) is 13.2 Å². The quantitative estimate of drug-likeness (QED) is 0.656. The van der Waals surface area contributed by atoms with Crippen LogP contribution in [0.1, 0.15) is 11.8 Å². The van der Waals surface area contributed by atoms with Gasteiger partial charge in [0.05, 0.1) is 12.0 Å². The van der Waals surface area contributed by atoms with Gasteiger partial charge in [0.2, 0.25) is 0 Å². The second-order valence-corrected chi connectivity index (χ2v) is 5.43. The molecule has 0 saturated carbocycles. The molecule has 7 heteroatoms. The topological polar surface area (TPSA) is 95.3 Å². The molecule has 0 spiro atoms. The Morgan fingerprint density at radius 2 is 2.18 bits per heavy atom. The average Bonchev–Trinajstić information content (AvgIpc) is 2.72. The van der Waals surface area contributed by atoms with Crippen LogP contribution >= 0.6 is 11.8 Å². The molecule has 3 N–H and O–H groups in total. The van der Waals surface area contributed by atoms with Crippen molar-refractivity contribution < 1.29 is 10.2 Å². The second kappa shape index (κ2) is 5.07. The van der Waals surface area contributed by atoms with Crippen LogP contribution in [0.2, 0.25) is 0 Å². The van der Waals surface area contributed by atoms with Crippen molar-refractivity contribution in [3.05, 3.63) is 33.1 Å². The third kappa shape index (κ3) is 2.46. The van der Waals surface area contributed by atoms with Crippen LogP contribution in [0, 0.1) is 5.92 Å². The number of thioether (sulfide) groups is 1. The SMILES string of the molecule is O=c1ccn([C@H]2CC(CO)[C@@H](CO)S2)c(=O)[nH]1. The highest BCUT2D eigenvalue weighted by molar-refractivity contribution is 8.00. The van der Waals surface area contributed by atoms with Gasteiger partial charge in [-0.3, -0.25) is 14.3 Å². The molecule has 0 amide bonds. The first-order valence-electron chi connectivity index (χ1n) is 5.34. The lowest BCUT2D eigenvalue weighted by Crippen LogP contribution is -2.30. The number of aliphatic hydroxyl groups is 2. The minimum Gasteiger partial charge on any atom is -0.396 e. The lowest BCUT2D eigenvalue weighted by atomic mass is 10.0. The van der Waals surface area contributed by atoms with Gasteiger partial charge >= 0.3 is 5.69 Å². The van der Waals surface area contributed by atoms with Gasteiger partial charge in [0, 0.05) is 24.1 Å². The molecule has 17 heavy (non-hydrogen) atoms. The van der Waals surface area contributed by atoms with Gasteiger partial charge in [-0.15, -0.1) is 11.8 Å².